The van der Waals surface area contributed by atoms with Crippen molar-refractivity contribution in [3.05, 3.63) is 33.9 Å². The summed E-state index contributed by atoms with van der Waals surface area (Å²) < 4.78 is 26.5. The highest BCUT2D eigenvalue weighted by atomic mass is 32.2. The molecule has 0 heterocycles. The van der Waals surface area contributed by atoms with E-state index in [-0.39, 0.29) is 5.56 Å². The number of nitrogens with zero attached hydrogens (tertiary/aromatic N) is 2. The molecule has 102 valence electrons. The Morgan fingerprint density at radius 2 is 2.00 bits per heavy atom. The molecule has 1 N–H and O–H groups in total. The molecule has 0 fully saturated rings. The summed E-state index contributed by atoms with van der Waals surface area (Å²) in [5.41, 5.74) is -1.62. The first-order valence-corrected chi connectivity index (χ1v) is 6.78. The van der Waals surface area contributed by atoms with Crippen molar-refractivity contribution in [3.8, 4) is 6.07 Å². The van der Waals surface area contributed by atoms with Crippen LogP contribution in [0.1, 0.15) is 19.4 Å². The van der Waals surface area contributed by atoms with Crippen molar-refractivity contribution < 1.29 is 13.3 Å². The Morgan fingerprint density at radius 1 is 1.42 bits per heavy atom. The molecular weight excluding hydrogens is 270 g/mol. The second kappa shape index (κ2) is 4.95. The van der Waals surface area contributed by atoms with Crippen LogP contribution in [-0.2, 0) is 10.0 Å². The maximum Gasteiger partial charge on any atom is 0.289 e. The maximum absolute atomic E-state index is 12.2. The van der Waals surface area contributed by atoms with Crippen LogP contribution in [0.25, 0.3) is 0 Å². The van der Waals surface area contributed by atoms with Crippen molar-refractivity contribution in [2.75, 3.05) is 0 Å². The second-order valence-corrected chi connectivity index (χ2v) is 6.14. The third-order valence-electron chi connectivity index (χ3n) is 2.33. The van der Waals surface area contributed by atoms with Crippen molar-refractivity contribution in [1.29, 1.82) is 5.26 Å². The average molecular weight is 283 g/mol. The topological polar surface area (TPSA) is 113 Å². The van der Waals surface area contributed by atoms with Crippen LogP contribution in [0.3, 0.4) is 0 Å². The van der Waals surface area contributed by atoms with Gasteiger partial charge in [-0.2, -0.15) is 9.98 Å². The van der Waals surface area contributed by atoms with Gasteiger partial charge in [0.2, 0.25) is 10.0 Å². The summed E-state index contributed by atoms with van der Waals surface area (Å²) in [6.07, 6.45) is 0. The fourth-order valence-electron chi connectivity index (χ4n) is 1.54. The molecule has 1 rings (SSSR count). The van der Waals surface area contributed by atoms with Gasteiger partial charge in [-0.1, -0.05) is 12.1 Å². The molecule has 0 aliphatic rings. The molecule has 0 aliphatic heterocycles. The Morgan fingerprint density at radius 3 is 2.47 bits per heavy atom. The van der Waals surface area contributed by atoms with Crippen LogP contribution < -0.4 is 4.72 Å². The minimum absolute atomic E-state index is 0.246. The van der Waals surface area contributed by atoms with Crippen LogP contribution in [0.15, 0.2) is 23.1 Å². The number of nitriles is 1. The van der Waals surface area contributed by atoms with E-state index < -0.39 is 31.1 Å². The van der Waals surface area contributed by atoms with Crippen molar-refractivity contribution >= 4 is 15.7 Å². The quantitative estimate of drug-likeness (QED) is 0.664. The van der Waals surface area contributed by atoms with Crippen molar-refractivity contribution in [1.82, 2.24) is 4.72 Å². The van der Waals surface area contributed by atoms with E-state index in [2.05, 4.69) is 4.72 Å². The Balaban J connectivity index is 3.46. The van der Waals surface area contributed by atoms with Gasteiger partial charge in [-0.15, -0.1) is 0 Å². The summed E-state index contributed by atoms with van der Waals surface area (Å²) in [7, 11) is -4.15. The molecule has 0 spiro atoms. The van der Waals surface area contributed by atoms with Gasteiger partial charge in [0, 0.05) is 6.07 Å². The monoisotopic (exact) mass is 283 g/mol. The number of aryl methyl sites for hydroxylation is 1. The standard InChI is InChI=1S/C11H13N3O4S/c1-8-5-4-6-9(14(15)16)10(8)19(17,18)13-11(2,3)7-12/h4-6,13H,1-3H3. The van der Waals surface area contributed by atoms with E-state index in [4.69, 9.17) is 5.26 Å². The highest BCUT2D eigenvalue weighted by Gasteiger charge is 2.32. The van der Waals surface area contributed by atoms with Crippen molar-refractivity contribution in [2.45, 2.75) is 31.2 Å². The van der Waals surface area contributed by atoms with Gasteiger partial charge in [-0.3, -0.25) is 10.1 Å². The van der Waals surface area contributed by atoms with E-state index in [0.29, 0.717) is 0 Å². The maximum atomic E-state index is 12.2. The zero-order chi connectivity index (χ0) is 14.8. The number of hydrogen-bond acceptors (Lipinski definition) is 5. The molecule has 0 amide bonds. The number of benzene rings is 1. The molecule has 0 saturated heterocycles. The van der Waals surface area contributed by atoms with Gasteiger partial charge >= 0.3 is 0 Å². The lowest BCUT2D eigenvalue weighted by atomic mass is 10.1. The fourth-order valence-corrected chi connectivity index (χ4v) is 3.27. The van der Waals surface area contributed by atoms with Crippen LogP contribution in [-0.4, -0.2) is 18.9 Å². The van der Waals surface area contributed by atoms with Gasteiger partial charge in [-0.05, 0) is 26.3 Å². The average Bonchev–Trinajstić information content (AvgIpc) is 2.26. The van der Waals surface area contributed by atoms with E-state index in [0.717, 1.165) is 6.07 Å². The van der Waals surface area contributed by atoms with E-state index in [1.165, 1.54) is 32.9 Å². The molecule has 19 heavy (non-hydrogen) atoms. The molecule has 1 aromatic rings. The van der Waals surface area contributed by atoms with Crippen molar-refractivity contribution in [3.63, 3.8) is 0 Å². The third kappa shape index (κ3) is 3.27. The molecular formula is C11H13N3O4S. The molecule has 0 radical (unpaired) electrons. The minimum Gasteiger partial charge on any atom is -0.258 e. The molecule has 8 heteroatoms. The molecule has 0 aliphatic carbocycles. The SMILES string of the molecule is Cc1cccc([N+](=O)[O-])c1S(=O)(=O)NC(C)(C)C#N. The largest absolute Gasteiger partial charge is 0.289 e. The highest BCUT2D eigenvalue weighted by molar-refractivity contribution is 7.89. The van der Waals surface area contributed by atoms with Crippen molar-refractivity contribution in [2.24, 2.45) is 0 Å². The summed E-state index contributed by atoms with van der Waals surface area (Å²) in [6.45, 7) is 4.20. The first-order valence-electron chi connectivity index (χ1n) is 5.30. The zero-order valence-electron chi connectivity index (χ0n) is 10.7. The van der Waals surface area contributed by atoms with Crippen LogP contribution in [0, 0.1) is 28.4 Å². The van der Waals surface area contributed by atoms with E-state index in [1.807, 2.05) is 0 Å². The predicted octanol–water partition coefficient (Wildman–Crippen LogP) is 1.48. The number of nitrogens with one attached hydrogen (secondary N) is 1. The number of hydrogen-bond donors (Lipinski definition) is 1. The van der Waals surface area contributed by atoms with Gasteiger partial charge in [0.25, 0.3) is 5.69 Å². The Bertz CT molecular complexity index is 659. The normalized spacial score (nSPS) is 11.9. The van der Waals surface area contributed by atoms with E-state index >= 15 is 0 Å². The first-order chi connectivity index (χ1) is 8.60. The van der Waals surface area contributed by atoms with Crippen LogP contribution in [0.2, 0.25) is 0 Å². The van der Waals surface area contributed by atoms with Gasteiger partial charge < -0.3 is 0 Å². The summed E-state index contributed by atoms with van der Waals surface area (Å²) in [5, 5.41) is 19.7. The third-order valence-corrected chi connectivity index (χ3v) is 4.17. The number of nitro groups is 1. The van der Waals surface area contributed by atoms with Gasteiger partial charge in [0.05, 0.1) is 11.0 Å². The Hall–Kier alpha value is -1.98. The highest BCUT2D eigenvalue weighted by Crippen LogP contribution is 2.27. The second-order valence-electron chi connectivity index (χ2n) is 4.52. The summed E-state index contributed by atoms with van der Waals surface area (Å²) in [5.74, 6) is 0. The smallest absolute Gasteiger partial charge is 0.258 e. The number of sulfonamides is 1. The molecule has 0 bridgehead atoms. The minimum atomic E-state index is -4.15. The number of nitro benzene ring substituents is 1. The van der Waals surface area contributed by atoms with Gasteiger partial charge in [-0.25, -0.2) is 8.42 Å². The lowest BCUT2D eigenvalue weighted by Gasteiger charge is -2.18. The zero-order valence-corrected chi connectivity index (χ0v) is 11.5. The molecule has 0 unspecified atom stereocenters. The van der Waals surface area contributed by atoms with Crippen LogP contribution in [0.5, 0.6) is 0 Å². The summed E-state index contributed by atoms with van der Waals surface area (Å²) in [4.78, 5) is 9.73. The van der Waals surface area contributed by atoms with Crippen LogP contribution >= 0.6 is 0 Å². The van der Waals surface area contributed by atoms with Gasteiger partial charge in [0.15, 0.2) is 4.90 Å². The lowest BCUT2D eigenvalue weighted by Crippen LogP contribution is -2.42. The molecule has 0 atom stereocenters. The van der Waals surface area contributed by atoms with Gasteiger partial charge in [0.1, 0.15) is 5.54 Å². The summed E-state index contributed by atoms with van der Waals surface area (Å²) in [6, 6.07) is 5.75. The Kier molecular flexibility index (Phi) is 3.93. The molecule has 1 aromatic carbocycles. The Labute approximate surface area is 111 Å². The summed E-state index contributed by atoms with van der Waals surface area (Å²) >= 11 is 0. The lowest BCUT2D eigenvalue weighted by molar-refractivity contribution is -0.387. The van der Waals surface area contributed by atoms with E-state index in [1.54, 1.807) is 6.07 Å². The number of rotatable bonds is 4. The molecule has 7 nitrogen and oxygen atoms in total. The predicted molar refractivity (Wildman–Crippen MR) is 67.8 cm³/mol. The first kappa shape index (κ1) is 15.1. The fraction of sp³-hybridized carbons (Fsp3) is 0.364. The molecule has 0 saturated carbocycles. The van der Waals surface area contributed by atoms with E-state index in [9.17, 15) is 18.5 Å². The van der Waals surface area contributed by atoms with Crippen LogP contribution in [0.4, 0.5) is 5.69 Å². The molecule has 0 aromatic heterocycles.